The Balaban J connectivity index is 2.85. The van der Waals surface area contributed by atoms with E-state index in [2.05, 4.69) is 0 Å². The molecule has 5 nitrogen and oxygen atoms in total. The predicted octanol–water partition coefficient (Wildman–Crippen LogP) is -0.227. The molecule has 0 heterocycles. The Bertz CT molecular complexity index is 314. The van der Waals surface area contributed by atoms with Crippen LogP contribution in [0.2, 0.25) is 0 Å². The summed E-state index contributed by atoms with van der Waals surface area (Å²) in [5.74, 6) is -2.52. The number of aliphatic hydroxyl groups is 1. The van der Waals surface area contributed by atoms with Crippen molar-refractivity contribution in [2.45, 2.75) is 12.0 Å². The van der Waals surface area contributed by atoms with Crippen LogP contribution >= 0.6 is 0 Å². The molecule has 0 bridgehead atoms. The van der Waals surface area contributed by atoms with Crippen molar-refractivity contribution in [1.29, 1.82) is 0 Å². The first kappa shape index (κ1) is 9.47. The highest BCUT2D eigenvalue weighted by Crippen LogP contribution is 2.21. The van der Waals surface area contributed by atoms with Gasteiger partial charge in [-0.3, -0.25) is 0 Å². The topological polar surface area (TPSA) is 94.8 Å². The zero-order valence-corrected chi connectivity index (χ0v) is 6.60. The van der Waals surface area contributed by atoms with Crippen molar-refractivity contribution in [3.63, 3.8) is 0 Å². The molecule has 0 radical (unpaired) electrons. The van der Waals surface area contributed by atoms with E-state index >= 15 is 0 Å². The van der Waals surface area contributed by atoms with Crippen LogP contribution in [0.25, 0.3) is 0 Å². The molecule has 1 atom stereocenters. The van der Waals surface area contributed by atoms with Gasteiger partial charge in [0.15, 0.2) is 5.60 Å². The number of hydrogen-bond acceptors (Lipinski definition) is 3. The van der Waals surface area contributed by atoms with E-state index < -0.39 is 17.5 Å². The lowest BCUT2D eigenvalue weighted by atomic mass is 9.92. The van der Waals surface area contributed by atoms with Gasteiger partial charge in [0.2, 0.25) is 0 Å². The summed E-state index contributed by atoms with van der Waals surface area (Å²) in [6.07, 6.45) is 3.01. The first-order valence-corrected chi connectivity index (χ1v) is 3.54. The molecule has 0 aromatic rings. The number of carboxylic acid groups (broad SMARTS) is 2. The minimum Gasteiger partial charge on any atom is -0.479 e. The Morgan fingerprint density at radius 1 is 1.38 bits per heavy atom. The molecule has 3 N–H and O–H groups in total. The number of carbonyl (C=O) groups is 2. The van der Waals surface area contributed by atoms with Crippen molar-refractivity contribution >= 4 is 11.9 Å². The van der Waals surface area contributed by atoms with Crippen molar-refractivity contribution in [3.05, 3.63) is 23.8 Å². The van der Waals surface area contributed by atoms with Crippen LogP contribution in [0, 0.1) is 0 Å². The van der Waals surface area contributed by atoms with Crippen molar-refractivity contribution < 1.29 is 24.9 Å². The highest BCUT2D eigenvalue weighted by atomic mass is 16.4. The summed E-state index contributed by atoms with van der Waals surface area (Å²) >= 11 is 0. The van der Waals surface area contributed by atoms with E-state index in [0.717, 1.165) is 12.2 Å². The molecule has 1 aliphatic rings. The van der Waals surface area contributed by atoms with E-state index in [0.29, 0.717) is 0 Å². The van der Waals surface area contributed by atoms with E-state index in [1.165, 1.54) is 6.08 Å². The van der Waals surface area contributed by atoms with Gasteiger partial charge in [-0.25, -0.2) is 9.59 Å². The van der Waals surface area contributed by atoms with E-state index in [1.807, 2.05) is 0 Å². The standard InChI is InChI=1S/C8H8O5/c9-6(10)5-1-3-8(13,4-2-5)7(11)12/h1-3,13H,4H2,(H,9,10)(H,11,12). The first-order valence-electron chi connectivity index (χ1n) is 3.54. The Morgan fingerprint density at radius 2 is 2.00 bits per heavy atom. The smallest absolute Gasteiger partial charge is 0.340 e. The second-order valence-corrected chi connectivity index (χ2v) is 2.73. The van der Waals surface area contributed by atoms with Gasteiger partial charge < -0.3 is 15.3 Å². The molecule has 0 fully saturated rings. The quantitative estimate of drug-likeness (QED) is 0.551. The zero-order valence-electron chi connectivity index (χ0n) is 6.60. The predicted molar refractivity (Wildman–Crippen MR) is 42.1 cm³/mol. The van der Waals surface area contributed by atoms with Crippen molar-refractivity contribution in [1.82, 2.24) is 0 Å². The summed E-state index contributed by atoms with van der Waals surface area (Å²) in [4.78, 5) is 20.9. The summed E-state index contributed by atoms with van der Waals surface area (Å²) in [5.41, 5.74) is -1.97. The molecular weight excluding hydrogens is 176 g/mol. The average molecular weight is 184 g/mol. The minimum absolute atomic E-state index is 0.00840. The molecule has 0 spiro atoms. The van der Waals surface area contributed by atoms with Gasteiger partial charge in [0.05, 0.1) is 5.57 Å². The summed E-state index contributed by atoms with van der Waals surface area (Å²) in [5, 5.41) is 26.4. The summed E-state index contributed by atoms with van der Waals surface area (Å²) in [6.45, 7) is 0. The normalized spacial score (nSPS) is 26.7. The molecule has 0 saturated carbocycles. The van der Waals surface area contributed by atoms with Gasteiger partial charge in [-0.2, -0.15) is 0 Å². The highest BCUT2D eigenvalue weighted by Gasteiger charge is 2.34. The second kappa shape index (κ2) is 3.02. The summed E-state index contributed by atoms with van der Waals surface area (Å²) in [7, 11) is 0. The largest absolute Gasteiger partial charge is 0.479 e. The van der Waals surface area contributed by atoms with Crippen molar-refractivity contribution in [3.8, 4) is 0 Å². The van der Waals surface area contributed by atoms with Crippen molar-refractivity contribution in [2.24, 2.45) is 0 Å². The fourth-order valence-corrected chi connectivity index (χ4v) is 0.946. The Morgan fingerprint density at radius 3 is 2.31 bits per heavy atom. The summed E-state index contributed by atoms with van der Waals surface area (Å²) < 4.78 is 0. The molecule has 0 aromatic carbocycles. The van der Waals surface area contributed by atoms with Crippen LogP contribution in [0.3, 0.4) is 0 Å². The van der Waals surface area contributed by atoms with E-state index in [9.17, 15) is 14.7 Å². The Labute approximate surface area is 73.6 Å². The molecule has 13 heavy (non-hydrogen) atoms. The van der Waals surface area contributed by atoms with Crippen LogP contribution in [0.15, 0.2) is 23.8 Å². The third kappa shape index (κ3) is 1.75. The fourth-order valence-electron chi connectivity index (χ4n) is 0.946. The maximum atomic E-state index is 10.5. The Kier molecular flexibility index (Phi) is 2.20. The van der Waals surface area contributed by atoms with Gasteiger partial charge in [-0.1, -0.05) is 6.08 Å². The number of rotatable bonds is 2. The van der Waals surface area contributed by atoms with Gasteiger partial charge in [-0.05, 0) is 12.2 Å². The molecular formula is C8H8O5. The third-order valence-electron chi connectivity index (χ3n) is 1.79. The van der Waals surface area contributed by atoms with Crippen LogP contribution < -0.4 is 0 Å². The lowest BCUT2D eigenvalue weighted by Gasteiger charge is -2.20. The zero-order chi connectivity index (χ0) is 10.1. The third-order valence-corrected chi connectivity index (χ3v) is 1.79. The van der Waals surface area contributed by atoms with Crippen LogP contribution in [0.4, 0.5) is 0 Å². The maximum Gasteiger partial charge on any atom is 0.340 e. The molecule has 0 saturated heterocycles. The molecule has 1 aliphatic carbocycles. The molecule has 1 unspecified atom stereocenters. The number of carboxylic acids is 2. The fraction of sp³-hybridized carbons (Fsp3) is 0.250. The molecule has 1 rings (SSSR count). The highest BCUT2D eigenvalue weighted by molar-refractivity contribution is 5.91. The monoisotopic (exact) mass is 184 g/mol. The lowest BCUT2D eigenvalue weighted by molar-refractivity contribution is -0.153. The van der Waals surface area contributed by atoms with Gasteiger partial charge in [0.25, 0.3) is 0 Å². The van der Waals surface area contributed by atoms with Crippen molar-refractivity contribution in [2.75, 3.05) is 0 Å². The number of hydrogen-bond donors (Lipinski definition) is 3. The molecule has 0 aromatic heterocycles. The average Bonchev–Trinajstić information content (AvgIpc) is 2.04. The SMILES string of the molecule is O=C(O)C1=CCC(O)(C(=O)O)C=C1. The Hall–Kier alpha value is -1.62. The van der Waals surface area contributed by atoms with E-state index in [1.54, 1.807) is 0 Å². The molecule has 0 amide bonds. The number of aliphatic carboxylic acids is 2. The molecule has 70 valence electrons. The minimum atomic E-state index is -1.96. The maximum absolute atomic E-state index is 10.5. The summed E-state index contributed by atoms with van der Waals surface area (Å²) in [6, 6.07) is 0. The van der Waals surface area contributed by atoms with Gasteiger partial charge in [-0.15, -0.1) is 0 Å². The van der Waals surface area contributed by atoms with Gasteiger partial charge >= 0.3 is 11.9 Å². The molecule has 5 heteroatoms. The molecule has 0 aliphatic heterocycles. The van der Waals surface area contributed by atoms with Crippen LogP contribution in [-0.2, 0) is 9.59 Å². The van der Waals surface area contributed by atoms with E-state index in [-0.39, 0.29) is 12.0 Å². The van der Waals surface area contributed by atoms with Crippen LogP contribution in [0.5, 0.6) is 0 Å². The van der Waals surface area contributed by atoms with Crippen LogP contribution in [0.1, 0.15) is 6.42 Å². The lowest BCUT2D eigenvalue weighted by Crippen LogP contribution is -2.37. The van der Waals surface area contributed by atoms with Gasteiger partial charge in [0, 0.05) is 6.42 Å². The van der Waals surface area contributed by atoms with Crippen LogP contribution in [-0.4, -0.2) is 32.9 Å². The second-order valence-electron chi connectivity index (χ2n) is 2.73. The first-order chi connectivity index (χ1) is 5.96. The van der Waals surface area contributed by atoms with E-state index in [4.69, 9.17) is 10.2 Å². The van der Waals surface area contributed by atoms with Gasteiger partial charge in [0.1, 0.15) is 0 Å².